The molecule has 9 nitrogen and oxygen atoms in total. The predicted molar refractivity (Wildman–Crippen MR) is 193 cm³/mol. The Morgan fingerprint density at radius 1 is 0.939 bits per heavy atom. The number of carbonyl (C=O) groups excluding carboxylic acids is 2. The first kappa shape index (κ1) is 37.8. The van der Waals surface area contributed by atoms with E-state index in [0.717, 1.165) is 49.3 Å². The second-order valence-corrected chi connectivity index (χ2v) is 14.2. The molecule has 4 rings (SSSR count). The van der Waals surface area contributed by atoms with E-state index < -0.39 is 42.1 Å². The molecule has 1 aromatic heterocycles. The number of aliphatic carboxylic acids is 1. The minimum Gasteiger partial charge on any atom is -0.481 e. The second-order valence-electron chi connectivity index (χ2n) is 13.8. The number of nitrogens with one attached hydrogen (secondary N) is 2. The zero-order valence-electron chi connectivity index (χ0n) is 29.6. The van der Waals surface area contributed by atoms with E-state index in [-0.39, 0.29) is 23.6 Å². The van der Waals surface area contributed by atoms with E-state index >= 15 is 4.39 Å². The lowest BCUT2D eigenvalue weighted by Gasteiger charge is -2.26. The number of anilines is 1. The molecule has 0 radical (unpaired) electrons. The average molecular weight is 694 g/mol. The van der Waals surface area contributed by atoms with Gasteiger partial charge in [0, 0.05) is 42.8 Å². The van der Waals surface area contributed by atoms with Gasteiger partial charge in [-0.2, -0.15) is 0 Å². The Labute approximate surface area is 294 Å². The molecule has 0 spiro atoms. The molecule has 1 saturated heterocycles. The Hall–Kier alpha value is -4.02. The van der Waals surface area contributed by atoms with E-state index in [1.807, 2.05) is 45.9 Å². The molecule has 1 fully saturated rings. The van der Waals surface area contributed by atoms with Crippen LogP contribution in [-0.2, 0) is 9.59 Å². The van der Waals surface area contributed by atoms with Crippen molar-refractivity contribution in [3.05, 3.63) is 81.3 Å². The molecule has 2 amide bonds. The molecule has 1 aliphatic heterocycles. The fraction of sp³-hybridized carbons (Fsp3) is 0.474. The number of hydrogen-bond acceptors (Lipinski definition) is 6. The van der Waals surface area contributed by atoms with Gasteiger partial charge in [0.1, 0.15) is 23.4 Å². The number of carboxylic acid groups (broad SMARTS) is 1. The van der Waals surface area contributed by atoms with Crippen molar-refractivity contribution in [2.45, 2.75) is 85.9 Å². The van der Waals surface area contributed by atoms with E-state index in [1.165, 1.54) is 0 Å². The summed E-state index contributed by atoms with van der Waals surface area (Å²) in [5.74, 6) is -2.23. The molecule has 2 aromatic carbocycles. The number of carboxylic acids is 1. The topological polar surface area (TPSA) is 115 Å². The Bertz CT molecular complexity index is 1660. The van der Waals surface area contributed by atoms with Gasteiger partial charge in [-0.3, -0.25) is 19.3 Å². The molecule has 2 heterocycles. The summed E-state index contributed by atoms with van der Waals surface area (Å²) in [7, 11) is 0. The van der Waals surface area contributed by atoms with E-state index in [9.17, 15) is 19.5 Å². The summed E-state index contributed by atoms with van der Waals surface area (Å²) in [5.41, 5.74) is 3.84. The van der Waals surface area contributed by atoms with Gasteiger partial charge in [-0.15, -0.1) is 0 Å². The minimum atomic E-state index is -1.21. The standard InChI is InChI=1S/C38H49ClFN5O4/c1-22(2)16-32(43-37(48)30-10-8-11-33(41-30)45-13-9-12-44(14-15-45)23(3)4)38(49)42-31(21-34(46)47)29-20-27(17-26(7)36(29)40)35-24(5)18-28(39)19-25(35)6/h8,10-11,17-20,22-23,31-32H,9,12-16,21H2,1-7H3,(H,42,49)(H,43,48)(H,46,47)/t31-,32-/m0/s1. The van der Waals surface area contributed by atoms with Gasteiger partial charge in [0.15, 0.2) is 0 Å². The monoisotopic (exact) mass is 693 g/mol. The molecule has 0 aliphatic carbocycles. The van der Waals surface area contributed by atoms with Crippen molar-refractivity contribution in [1.82, 2.24) is 20.5 Å². The number of aryl methyl sites for hydroxylation is 3. The normalized spacial score (nSPS) is 15.2. The van der Waals surface area contributed by atoms with E-state index in [2.05, 4.69) is 39.3 Å². The van der Waals surface area contributed by atoms with Crippen LogP contribution in [0.25, 0.3) is 11.1 Å². The third kappa shape index (κ3) is 9.79. The van der Waals surface area contributed by atoms with Crippen molar-refractivity contribution in [2.75, 3.05) is 31.1 Å². The van der Waals surface area contributed by atoms with Crippen molar-refractivity contribution in [1.29, 1.82) is 0 Å². The first-order valence-corrected chi connectivity index (χ1v) is 17.4. The van der Waals surface area contributed by atoms with Crippen LogP contribution in [0.1, 0.15) is 85.7 Å². The van der Waals surface area contributed by atoms with Crippen LogP contribution >= 0.6 is 11.6 Å². The van der Waals surface area contributed by atoms with Gasteiger partial charge in [-0.25, -0.2) is 9.37 Å². The predicted octanol–water partition coefficient (Wildman–Crippen LogP) is 6.86. The highest BCUT2D eigenvalue weighted by atomic mass is 35.5. The van der Waals surface area contributed by atoms with Gasteiger partial charge in [-0.1, -0.05) is 31.5 Å². The van der Waals surface area contributed by atoms with Gasteiger partial charge >= 0.3 is 5.97 Å². The van der Waals surface area contributed by atoms with Gasteiger partial charge in [0.2, 0.25) is 5.91 Å². The van der Waals surface area contributed by atoms with E-state index in [1.54, 1.807) is 31.2 Å². The first-order chi connectivity index (χ1) is 23.1. The number of pyridine rings is 1. The number of carbonyl (C=O) groups is 3. The number of aromatic nitrogens is 1. The van der Waals surface area contributed by atoms with Crippen molar-refractivity contribution < 1.29 is 23.9 Å². The molecule has 11 heteroatoms. The van der Waals surface area contributed by atoms with Crippen LogP contribution in [0.3, 0.4) is 0 Å². The maximum absolute atomic E-state index is 15.8. The maximum atomic E-state index is 15.8. The fourth-order valence-corrected chi connectivity index (χ4v) is 6.92. The Morgan fingerprint density at radius 3 is 2.27 bits per heavy atom. The summed E-state index contributed by atoms with van der Waals surface area (Å²) in [6.45, 7) is 17.1. The molecular formula is C38H49ClFN5O4. The summed E-state index contributed by atoms with van der Waals surface area (Å²) in [5, 5.41) is 16.0. The minimum absolute atomic E-state index is 0.00688. The molecule has 3 aromatic rings. The number of benzene rings is 2. The van der Waals surface area contributed by atoms with Crippen molar-refractivity contribution in [3.8, 4) is 11.1 Å². The van der Waals surface area contributed by atoms with Crippen LogP contribution in [0.5, 0.6) is 0 Å². The quantitative estimate of drug-likeness (QED) is 0.190. The molecule has 3 N–H and O–H groups in total. The Balaban J connectivity index is 1.59. The number of rotatable bonds is 12. The number of hydrogen-bond donors (Lipinski definition) is 3. The van der Waals surface area contributed by atoms with Crippen LogP contribution in [-0.4, -0.2) is 71.0 Å². The zero-order valence-corrected chi connectivity index (χ0v) is 30.3. The highest BCUT2D eigenvalue weighted by molar-refractivity contribution is 6.30. The second kappa shape index (κ2) is 16.6. The molecule has 0 unspecified atom stereocenters. The van der Waals surface area contributed by atoms with Crippen molar-refractivity contribution in [2.24, 2.45) is 5.92 Å². The molecule has 1 aliphatic rings. The van der Waals surface area contributed by atoms with Gasteiger partial charge in [0.05, 0.1) is 12.5 Å². The number of nitrogens with zero attached hydrogens (tertiary/aromatic N) is 3. The molecular weight excluding hydrogens is 645 g/mol. The smallest absolute Gasteiger partial charge is 0.305 e. The highest BCUT2D eigenvalue weighted by Gasteiger charge is 2.29. The van der Waals surface area contributed by atoms with Gasteiger partial charge in [0.25, 0.3) is 5.91 Å². The molecule has 2 atom stereocenters. The van der Waals surface area contributed by atoms with Gasteiger partial charge < -0.3 is 20.6 Å². The summed E-state index contributed by atoms with van der Waals surface area (Å²) < 4.78 is 15.8. The van der Waals surface area contributed by atoms with E-state index in [0.29, 0.717) is 28.0 Å². The molecule has 0 saturated carbocycles. The van der Waals surface area contributed by atoms with Crippen LogP contribution in [0.2, 0.25) is 5.02 Å². The van der Waals surface area contributed by atoms with E-state index in [4.69, 9.17) is 11.6 Å². The molecule has 0 bridgehead atoms. The third-order valence-corrected chi connectivity index (χ3v) is 9.24. The average Bonchev–Trinajstić information content (AvgIpc) is 3.28. The lowest BCUT2D eigenvalue weighted by molar-refractivity contribution is -0.137. The Morgan fingerprint density at radius 2 is 1.63 bits per heavy atom. The van der Waals surface area contributed by atoms with Gasteiger partial charge in [-0.05, 0) is 118 Å². The fourth-order valence-electron chi connectivity index (χ4n) is 6.59. The number of amides is 2. The summed E-state index contributed by atoms with van der Waals surface area (Å²) in [4.78, 5) is 48.7. The summed E-state index contributed by atoms with van der Waals surface area (Å²) in [6.07, 6.45) is 0.700. The summed E-state index contributed by atoms with van der Waals surface area (Å²) >= 11 is 6.26. The third-order valence-electron chi connectivity index (χ3n) is 9.02. The maximum Gasteiger partial charge on any atom is 0.305 e. The lowest BCUT2D eigenvalue weighted by Crippen LogP contribution is -2.48. The van der Waals surface area contributed by atoms with Crippen LogP contribution in [0.15, 0.2) is 42.5 Å². The van der Waals surface area contributed by atoms with Crippen molar-refractivity contribution in [3.63, 3.8) is 0 Å². The lowest BCUT2D eigenvalue weighted by atomic mass is 9.90. The zero-order chi connectivity index (χ0) is 36.0. The van der Waals surface area contributed by atoms with Crippen LogP contribution in [0, 0.1) is 32.5 Å². The molecule has 49 heavy (non-hydrogen) atoms. The Kier molecular flexibility index (Phi) is 12.8. The van der Waals surface area contributed by atoms with Crippen molar-refractivity contribution >= 4 is 35.2 Å². The number of halogens is 2. The SMILES string of the molecule is Cc1cc(-c2c(C)cc(Cl)cc2C)cc([C@H](CC(=O)O)NC(=O)[C@H](CC(C)C)NC(=O)c2cccc(N3CCCN(C(C)C)CC3)n2)c1F. The summed E-state index contributed by atoms with van der Waals surface area (Å²) in [6, 6.07) is 10.4. The van der Waals surface area contributed by atoms with Crippen LogP contribution < -0.4 is 15.5 Å². The highest BCUT2D eigenvalue weighted by Crippen LogP contribution is 2.35. The first-order valence-electron chi connectivity index (χ1n) is 17.0. The molecule has 264 valence electrons. The largest absolute Gasteiger partial charge is 0.481 e. The van der Waals surface area contributed by atoms with Crippen LogP contribution in [0.4, 0.5) is 10.2 Å².